The second-order valence-electron chi connectivity index (χ2n) is 15.7. The van der Waals surface area contributed by atoms with E-state index >= 15 is 0 Å². The highest BCUT2D eigenvalue weighted by Crippen LogP contribution is 2.43. The lowest BCUT2D eigenvalue weighted by atomic mass is 10.1. The fourth-order valence-electron chi connectivity index (χ4n) is 6.42. The summed E-state index contributed by atoms with van der Waals surface area (Å²) in [6, 6.07) is 0. The lowest BCUT2D eigenvalue weighted by molar-refractivity contribution is -0.154. The molecule has 0 aliphatic carbocycles. The molecule has 0 saturated carbocycles. The fourth-order valence-corrected chi connectivity index (χ4v) is 7.21. The minimum Gasteiger partial charge on any atom is -0.457 e. The summed E-state index contributed by atoms with van der Waals surface area (Å²) in [6.07, 6.45) is 50.7. The summed E-state index contributed by atoms with van der Waals surface area (Å²) in [4.78, 5) is 22.6. The van der Waals surface area contributed by atoms with Crippen LogP contribution in [0.2, 0.25) is 0 Å². The summed E-state index contributed by atoms with van der Waals surface area (Å²) in [6.45, 7) is 3.41. The van der Waals surface area contributed by atoms with Crippen molar-refractivity contribution in [1.29, 1.82) is 0 Å². The third-order valence-corrected chi connectivity index (χ3v) is 10.9. The van der Waals surface area contributed by atoms with E-state index in [9.17, 15) is 19.4 Å². The van der Waals surface area contributed by atoms with E-state index in [-0.39, 0.29) is 19.6 Å². The van der Waals surface area contributed by atoms with Gasteiger partial charge in [-0.2, -0.15) is 0 Å². The number of unbranched alkanes of at least 4 members (excludes halogenated alkanes) is 23. The summed E-state index contributed by atoms with van der Waals surface area (Å²) in [5.41, 5.74) is 0. The first-order chi connectivity index (χ1) is 28.3. The van der Waals surface area contributed by atoms with Crippen LogP contribution in [-0.4, -0.2) is 66.3 Å². The highest BCUT2D eigenvalue weighted by atomic mass is 31.2. The Balaban J connectivity index is 4.12. The van der Waals surface area contributed by atoms with Gasteiger partial charge in [-0.05, 0) is 70.6 Å². The Kier molecular flexibility index (Phi) is 43.7. The molecule has 0 aromatic carbocycles. The van der Waals surface area contributed by atoms with Crippen LogP contribution in [0.4, 0.5) is 0 Å². The van der Waals surface area contributed by atoms with Crippen molar-refractivity contribution in [2.24, 2.45) is 0 Å². The topological polar surface area (TPSA) is 132 Å². The third kappa shape index (κ3) is 44.0. The third-order valence-electron chi connectivity index (χ3n) is 10.00. The first-order valence-corrected chi connectivity index (χ1v) is 25.1. The first-order valence-electron chi connectivity index (χ1n) is 23.6. The van der Waals surface area contributed by atoms with Crippen LogP contribution < -0.4 is 0 Å². The van der Waals surface area contributed by atoms with E-state index in [2.05, 4.69) is 62.5 Å². The molecule has 0 aliphatic rings. The second-order valence-corrected chi connectivity index (χ2v) is 17.2. The van der Waals surface area contributed by atoms with Gasteiger partial charge in [0.2, 0.25) is 0 Å². The van der Waals surface area contributed by atoms with Gasteiger partial charge < -0.3 is 24.6 Å². The van der Waals surface area contributed by atoms with Gasteiger partial charge in [0.25, 0.3) is 0 Å². The number of allylic oxidation sites excluding steroid dienone is 8. The van der Waals surface area contributed by atoms with Crippen LogP contribution in [0.1, 0.15) is 206 Å². The van der Waals surface area contributed by atoms with Gasteiger partial charge in [-0.15, -0.1) is 0 Å². The monoisotopic (exact) mass is 841 g/mol. The second kappa shape index (κ2) is 45.0. The average Bonchev–Trinajstić information content (AvgIpc) is 3.21. The van der Waals surface area contributed by atoms with Crippen LogP contribution >= 0.6 is 7.82 Å². The zero-order valence-electron chi connectivity index (χ0n) is 37.3. The Hall–Kier alpha value is -1.58. The highest BCUT2D eigenvalue weighted by Gasteiger charge is 2.26. The van der Waals surface area contributed by atoms with Crippen molar-refractivity contribution in [3.8, 4) is 0 Å². The summed E-state index contributed by atoms with van der Waals surface area (Å²) in [5, 5.41) is 18.4. The van der Waals surface area contributed by atoms with E-state index in [4.69, 9.17) is 23.6 Å². The number of carbonyl (C=O) groups excluding carboxylic acids is 1. The lowest BCUT2D eigenvalue weighted by Gasteiger charge is -2.20. The number of hydrogen-bond donors (Lipinski definition) is 3. The maximum atomic E-state index is 12.6. The first kappa shape index (κ1) is 56.4. The van der Waals surface area contributed by atoms with Gasteiger partial charge in [-0.3, -0.25) is 13.8 Å². The molecule has 0 heterocycles. The van der Waals surface area contributed by atoms with Crippen molar-refractivity contribution in [2.45, 2.75) is 219 Å². The van der Waals surface area contributed by atoms with Gasteiger partial charge in [0, 0.05) is 13.0 Å². The van der Waals surface area contributed by atoms with Crippen molar-refractivity contribution < 1.29 is 43.0 Å². The molecule has 3 unspecified atom stereocenters. The zero-order chi connectivity index (χ0) is 42.5. The number of phosphoric acid groups is 1. The van der Waals surface area contributed by atoms with Crippen LogP contribution in [0.3, 0.4) is 0 Å². The standard InChI is InChI=1S/C48H89O9P/c1-3-5-7-9-11-13-15-17-19-21-22-23-25-27-29-31-33-35-37-39-41-54-44-47(45-56-58(52,53)55-43-46(50)42-49)57-48(51)40-38-36-34-32-30-28-26-24-20-18-16-14-12-10-8-6-4-2/h6,8,12,14,17-20,46-47,49-50H,3-5,7,9-11,13,15-16,21-45H2,1-2H3,(H,52,53)/b8-6-,14-12-,19-17-,20-18-. The molecule has 0 aromatic rings. The Labute approximate surface area is 356 Å². The molecule has 10 heteroatoms. The number of esters is 1. The zero-order valence-corrected chi connectivity index (χ0v) is 38.2. The smallest absolute Gasteiger partial charge is 0.457 e. The van der Waals surface area contributed by atoms with Crippen molar-refractivity contribution in [2.75, 3.05) is 33.0 Å². The molecule has 0 aromatic heterocycles. The van der Waals surface area contributed by atoms with E-state index < -0.39 is 39.2 Å². The van der Waals surface area contributed by atoms with E-state index in [1.165, 1.54) is 116 Å². The summed E-state index contributed by atoms with van der Waals surface area (Å²) < 4.78 is 33.4. The largest absolute Gasteiger partial charge is 0.472 e. The van der Waals surface area contributed by atoms with Gasteiger partial charge in [0.1, 0.15) is 12.2 Å². The van der Waals surface area contributed by atoms with Crippen LogP contribution in [0.25, 0.3) is 0 Å². The number of phosphoric ester groups is 1. The van der Waals surface area contributed by atoms with Crippen molar-refractivity contribution in [3.05, 3.63) is 48.6 Å². The Morgan fingerprint density at radius 1 is 0.552 bits per heavy atom. The van der Waals surface area contributed by atoms with Gasteiger partial charge in [0.05, 0.1) is 26.4 Å². The molecular weight excluding hydrogens is 751 g/mol. The Morgan fingerprint density at radius 3 is 1.50 bits per heavy atom. The van der Waals surface area contributed by atoms with E-state index in [0.717, 1.165) is 70.6 Å². The van der Waals surface area contributed by atoms with Crippen molar-refractivity contribution in [3.63, 3.8) is 0 Å². The molecular formula is C48H89O9P. The number of rotatable bonds is 45. The Morgan fingerprint density at radius 2 is 0.983 bits per heavy atom. The highest BCUT2D eigenvalue weighted by molar-refractivity contribution is 7.47. The Bertz CT molecular complexity index is 1040. The number of aliphatic hydroxyl groups is 2. The number of aliphatic hydroxyl groups excluding tert-OH is 2. The molecule has 0 radical (unpaired) electrons. The van der Waals surface area contributed by atoms with Gasteiger partial charge in [0.15, 0.2) is 0 Å². The molecule has 0 aliphatic heterocycles. The predicted octanol–water partition coefficient (Wildman–Crippen LogP) is 13.4. The molecule has 3 atom stereocenters. The normalized spacial score (nSPS) is 14.4. The average molecular weight is 841 g/mol. The maximum absolute atomic E-state index is 12.6. The molecule has 3 N–H and O–H groups in total. The lowest BCUT2D eigenvalue weighted by Crippen LogP contribution is -2.29. The number of hydrogen-bond acceptors (Lipinski definition) is 8. The summed E-state index contributed by atoms with van der Waals surface area (Å²) in [5.74, 6) is -0.392. The van der Waals surface area contributed by atoms with Crippen LogP contribution in [0.15, 0.2) is 48.6 Å². The van der Waals surface area contributed by atoms with E-state index in [1.54, 1.807) is 0 Å². The van der Waals surface area contributed by atoms with E-state index in [1.807, 2.05) is 0 Å². The van der Waals surface area contributed by atoms with Gasteiger partial charge >= 0.3 is 13.8 Å². The molecule has 340 valence electrons. The molecule has 0 saturated heterocycles. The predicted molar refractivity (Wildman–Crippen MR) is 242 cm³/mol. The van der Waals surface area contributed by atoms with Gasteiger partial charge in [-0.1, -0.05) is 178 Å². The maximum Gasteiger partial charge on any atom is 0.472 e. The molecule has 9 nitrogen and oxygen atoms in total. The molecule has 0 spiro atoms. The van der Waals surface area contributed by atoms with Crippen LogP contribution in [0.5, 0.6) is 0 Å². The SMILES string of the molecule is CC/C=C\C/C=C\C/C=C\CCCCCCCCCC(=O)OC(COCCCCCCCCCCCC/C=C\CCCCCCCC)COP(=O)(O)OCC(O)CO. The van der Waals surface area contributed by atoms with Crippen molar-refractivity contribution >= 4 is 13.8 Å². The number of ether oxygens (including phenoxy) is 2. The summed E-state index contributed by atoms with van der Waals surface area (Å²) >= 11 is 0. The molecule has 0 fully saturated rings. The van der Waals surface area contributed by atoms with Gasteiger partial charge in [-0.25, -0.2) is 4.57 Å². The summed E-state index contributed by atoms with van der Waals surface area (Å²) in [7, 11) is -4.52. The minimum absolute atomic E-state index is 0.0441. The van der Waals surface area contributed by atoms with Crippen LogP contribution in [-0.2, 0) is 27.9 Å². The molecule has 58 heavy (non-hydrogen) atoms. The quantitative estimate of drug-likeness (QED) is 0.0237. The molecule has 0 bridgehead atoms. The van der Waals surface area contributed by atoms with Crippen LogP contribution in [0, 0.1) is 0 Å². The molecule has 0 amide bonds. The van der Waals surface area contributed by atoms with Crippen molar-refractivity contribution in [1.82, 2.24) is 0 Å². The molecule has 0 rings (SSSR count). The minimum atomic E-state index is -4.52. The van der Waals surface area contributed by atoms with E-state index in [0.29, 0.717) is 6.61 Å². The fraction of sp³-hybridized carbons (Fsp3) is 0.812. The number of carbonyl (C=O) groups is 1.